The number of amides is 1. The molecule has 0 atom stereocenters. The first-order valence-electron chi connectivity index (χ1n) is 8.78. The molecule has 1 amide bonds. The molecule has 6 heteroatoms. The van der Waals surface area contributed by atoms with Gasteiger partial charge in [-0.15, -0.1) is 11.3 Å². The van der Waals surface area contributed by atoms with Crippen molar-refractivity contribution >= 4 is 28.7 Å². The number of H-pyrrole nitrogens is 1. The lowest BCUT2D eigenvalue weighted by Gasteiger charge is -2.08. The van der Waals surface area contributed by atoms with Crippen LogP contribution >= 0.6 is 11.3 Å². The summed E-state index contributed by atoms with van der Waals surface area (Å²) in [5.41, 5.74) is 7.09. The van der Waals surface area contributed by atoms with Crippen molar-refractivity contribution in [3.8, 4) is 11.4 Å². The minimum Gasteiger partial charge on any atom is -0.356 e. The predicted molar refractivity (Wildman–Crippen MR) is 110 cm³/mol. The number of rotatable bonds is 5. The van der Waals surface area contributed by atoms with E-state index in [1.165, 1.54) is 11.3 Å². The molecule has 0 aliphatic carbocycles. The Kier molecular flexibility index (Phi) is 5.28. The maximum Gasteiger partial charge on any atom is 0.231 e. The number of ketones is 1. The van der Waals surface area contributed by atoms with E-state index in [0.717, 1.165) is 44.5 Å². The Morgan fingerprint density at radius 1 is 1.19 bits per heavy atom. The van der Waals surface area contributed by atoms with Crippen LogP contribution in [0.5, 0.6) is 0 Å². The van der Waals surface area contributed by atoms with Gasteiger partial charge in [0.2, 0.25) is 5.91 Å². The molecule has 2 aromatic heterocycles. The van der Waals surface area contributed by atoms with E-state index in [4.69, 9.17) is 0 Å². The molecule has 0 aliphatic rings. The zero-order valence-electron chi connectivity index (χ0n) is 16.2. The summed E-state index contributed by atoms with van der Waals surface area (Å²) in [5.74, 6) is -0.0533. The number of anilines is 1. The van der Waals surface area contributed by atoms with Gasteiger partial charge in [0.25, 0.3) is 0 Å². The molecule has 2 N–H and O–H groups in total. The second kappa shape index (κ2) is 7.48. The third kappa shape index (κ3) is 4.01. The number of hydrogen-bond donors (Lipinski definition) is 2. The second-order valence-corrected chi connectivity index (χ2v) is 7.79. The van der Waals surface area contributed by atoms with E-state index < -0.39 is 0 Å². The van der Waals surface area contributed by atoms with Gasteiger partial charge in [0.05, 0.1) is 17.8 Å². The standard InChI is InChI=1S/C21H23N3O2S/c1-11-6-7-16(12(2)8-11)23-18(26)9-19-24-17(10-27-19)21-13(3)20(15(5)25)14(4)22-21/h6-8,10,22H,9H2,1-5H3,(H,23,26). The second-order valence-electron chi connectivity index (χ2n) is 6.85. The lowest BCUT2D eigenvalue weighted by Crippen LogP contribution is -2.15. The maximum atomic E-state index is 12.4. The number of benzene rings is 1. The molecule has 5 nitrogen and oxygen atoms in total. The quantitative estimate of drug-likeness (QED) is 0.626. The molecular weight excluding hydrogens is 358 g/mol. The third-order valence-corrected chi connectivity index (χ3v) is 5.41. The normalized spacial score (nSPS) is 10.9. The van der Waals surface area contributed by atoms with Crippen LogP contribution in [0.4, 0.5) is 5.69 Å². The highest BCUT2D eigenvalue weighted by Crippen LogP contribution is 2.29. The minimum absolute atomic E-state index is 0.0378. The molecule has 140 valence electrons. The van der Waals surface area contributed by atoms with E-state index in [9.17, 15) is 9.59 Å². The summed E-state index contributed by atoms with van der Waals surface area (Å²) in [6.45, 7) is 9.38. The van der Waals surface area contributed by atoms with Crippen LogP contribution in [-0.4, -0.2) is 21.7 Å². The van der Waals surface area contributed by atoms with Crippen molar-refractivity contribution in [1.29, 1.82) is 0 Å². The summed E-state index contributed by atoms with van der Waals surface area (Å²) in [7, 11) is 0. The van der Waals surface area contributed by atoms with E-state index in [0.29, 0.717) is 5.56 Å². The van der Waals surface area contributed by atoms with E-state index in [2.05, 4.69) is 15.3 Å². The molecule has 27 heavy (non-hydrogen) atoms. The van der Waals surface area contributed by atoms with Gasteiger partial charge in [0, 0.05) is 22.3 Å². The Morgan fingerprint density at radius 2 is 1.93 bits per heavy atom. The van der Waals surface area contributed by atoms with E-state index in [1.54, 1.807) is 6.92 Å². The van der Waals surface area contributed by atoms with Crippen LogP contribution in [0.1, 0.15) is 44.7 Å². The predicted octanol–water partition coefficient (Wildman–Crippen LogP) is 4.76. The maximum absolute atomic E-state index is 12.4. The number of nitrogens with one attached hydrogen (secondary N) is 2. The van der Waals surface area contributed by atoms with E-state index >= 15 is 0 Å². The number of thiazole rings is 1. The molecule has 0 unspecified atom stereocenters. The highest BCUT2D eigenvalue weighted by atomic mass is 32.1. The van der Waals surface area contributed by atoms with Crippen molar-refractivity contribution in [3.63, 3.8) is 0 Å². The lowest BCUT2D eigenvalue weighted by atomic mass is 10.1. The van der Waals surface area contributed by atoms with Crippen molar-refractivity contribution in [2.45, 2.75) is 41.0 Å². The van der Waals surface area contributed by atoms with Gasteiger partial charge in [0.1, 0.15) is 5.01 Å². The van der Waals surface area contributed by atoms with Crippen LogP contribution in [0.25, 0.3) is 11.4 Å². The van der Waals surface area contributed by atoms with Gasteiger partial charge in [-0.2, -0.15) is 0 Å². The molecular formula is C21H23N3O2S. The van der Waals surface area contributed by atoms with E-state index in [1.807, 2.05) is 51.3 Å². The fourth-order valence-electron chi connectivity index (χ4n) is 3.33. The highest BCUT2D eigenvalue weighted by molar-refractivity contribution is 7.10. The smallest absolute Gasteiger partial charge is 0.231 e. The molecule has 0 saturated carbocycles. The molecule has 0 bridgehead atoms. The Bertz CT molecular complexity index is 1030. The van der Waals surface area contributed by atoms with Crippen molar-refractivity contribution in [3.05, 3.63) is 56.5 Å². The first-order chi connectivity index (χ1) is 12.8. The molecule has 0 saturated heterocycles. The van der Waals surface area contributed by atoms with Crippen LogP contribution < -0.4 is 5.32 Å². The monoisotopic (exact) mass is 381 g/mol. The third-order valence-electron chi connectivity index (χ3n) is 4.57. The van der Waals surface area contributed by atoms with Crippen molar-refractivity contribution in [2.24, 2.45) is 0 Å². The number of aryl methyl sites for hydroxylation is 3. The fraction of sp³-hybridized carbons (Fsp3) is 0.286. The van der Waals surface area contributed by atoms with Gasteiger partial charge >= 0.3 is 0 Å². The zero-order valence-corrected chi connectivity index (χ0v) is 17.0. The molecule has 3 rings (SSSR count). The number of Topliss-reactive ketones (excluding diaryl/α,β-unsaturated/α-hetero) is 1. The van der Waals surface area contributed by atoms with Crippen molar-refractivity contribution in [2.75, 3.05) is 5.32 Å². The van der Waals surface area contributed by atoms with Crippen LogP contribution in [0, 0.1) is 27.7 Å². The number of carbonyl (C=O) groups is 2. The van der Waals surface area contributed by atoms with Crippen LogP contribution in [0.2, 0.25) is 0 Å². The van der Waals surface area contributed by atoms with Crippen molar-refractivity contribution < 1.29 is 9.59 Å². The Morgan fingerprint density at radius 3 is 2.56 bits per heavy atom. The summed E-state index contributed by atoms with van der Waals surface area (Å²) >= 11 is 1.45. The molecule has 0 radical (unpaired) electrons. The van der Waals surface area contributed by atoms with Gasteiger partial charge < -0.3 is 10.3 Å². The average molecular weight is 382 g/mol. The number of aromatic nitrogens is 2. The average Bonchev–Trinajstić information content (AvgIpc) is 3.14. The summed E-state index contributed by atoms with van der Waals surface area (Å²) < 4.78 is 0. The first-order valence-corrected chi connectivity index (χ1v) is 9.66. The van der Waals surface area contributed by atoms with Gasteiger partial charge in [-0.3, -0.25) is 9.59 Å². The first kappa shape index (κ1) is 19.0. The Balaban J connectivity index is 1.76. The molecule has 0 fully saturated rings. The van der Waals surface area contributed by atoms with Crippen molar-refractivity contribution in [1.82, 2.24) is 9.97 Å². The topological polar surface area (TPSA) is 74.8 Å². The Hall–Kier alpha value is -2.73. The summed E-state index contributed by atoms with van der Waals surface area (Å²) in [6.07, 6.45) is 0.219. The number of aromatic amines is 1. The highest BCUT2D eigenvalue weighted by Gasteiger charge is 2.18. The molecule has 1 aromatic carbocycles. The number of carbonyl (C=O) groups excluding carboxylic acids is 2. The summed E-state index contributed by atoms with van der Waals surface area (Å²) in [4.78, 5) is 32.0. The Labute approximate surface area is 162 Å². The SMILES string of the molecule is CC(=O)c1c(C)[nH]c(-c2csc(CC(=O)Nc3ccc(C)cc3C)n2)c1C. The van der Waals surface area contributed by atoms with Crippen LogP contribution in [0.15, 0.2) is 23.6 Å². The van der Waals surface area contributed by atoms with Crippen LogP contribution in [-0.2, 0) is 11.2 Å². The zero-order chi connectivity index (χ0) is 19.7. The van der Waals surface area contributed by atoms with Gasteiger partial charge in [-0.1, -0.05) is 17.7 Å². The summed E-state index contributed by atoms with van der Waals surface area (Å²) in [6, 6.07) is 5.94. The molecule has 0 aliphatic heterocycles. The van der Waals surface area contributed by atoms with Gasteiger partial charge in [0.15, 0.2) is 5.78 Å². The van der Waals surface area contributed by atoms with E-state index in [-0.39, 0.29) is 18.1 Å². The molecule has 3 aromatic rings. The van der Waals surface area contributed by atoms with Gasteiger partial charge in [-0.05, 0) is 51.8 Å². The molecule has 0 spiro atoms. The summed E-state index contributed by atoms with van der Waals surface area (Å²) in [5, 5.41) is 5.61. The van der Waals surface area contributed by atoms with Crippen LogP contribution in [0.3, 0.4) is 0 Å². The molecule has 2 heterocycles. The fourth-order valence-corrected chi connectivity index (χ4v) is 4.11. The number of hydrogen-bond acceptors (Lipinski definition) is 4. The lowest BCUT2D eigenvalue weighted by molar-refractivity contribution is -0.115. The number of nitrogens with zero attached hydrogens (tertiary/aromatic N) is 1. The minimum atomic E-state index is -0.0910. The van der Waals surface area contributed by atoms with Gasteiger partial charge in [-0.25, -0.2) is 4.98 Å². The largest absolute Gasteiger partial charge is 0.356 e.